The Bertz CT molecular complexity index is 400. The Hall–Kier alpha value is 0.194. The molecule has 0 aromatic carbocycles. The van der Waals surface area contributed by atoms with Gasteiger partial charge < -0.3 is 30.4 Å². The van der Waals surface area contributed by atoms with E-state index in [1.54, 1.807) is 0 Å². The third-order valence-corrected chi connectivity index (χ3v) is 8.71. The fraction of sp³-hybridized carbons (Fsp3) is 1.00. The molecule has 0 aromatic heterocycles. The van der Waals surface area contributed by atoms with E-state index in [2.05, 4.69) is 67.0 Å². The highest BCUT2D eigenvalue weighted by molar-refractivity contribution is 6.76. The minimum Gasteiger partial charge on any atom is -0.356 e. The Kier molecular flexibility index (Phi) is 14.5. The van der Waals surface area contributed by atoms with E-state index in [0.29, 0.717) is 13.2 Å². The molecule has 0 unspecified atom stereocenters. The Labute approximate surface area is 188 Å². The van der Waals surface area contributed by atoms with Crippen molar-refractivity contribution in [2.24, 2.45) is 23.3 Å². The van der Waals surface area contributed by atoms with Gasteiger partial charge in [-0.15, -0.1) is 0 Å². The fourth-order valence-corrected chi connectivity index (χ4v) is 4.25. The molecule has 182 valence electrons. The summed E-state index contributed by atoms with van der Waals surface area (Å²) in [6.45, 7) is 24.2. The Morgan fingerprint density at radius 2 is 0.900 bits per heavy atom. The van der Waals surface area contributed by atoms with E-state index in [-0.39, 0.29) is 49.7 Å². The van der Waals surface area contributed by atoms with Crippen LogP contribution >= 0.6 is 0 Å². The summed E-state index contributed by atoms with van der Waals surface area (Å²) < 4.78 is 23.8. The molecule has 0 aliphatic rings. The van der Waals surface area contributed by atoms with Crippen LogP contribution < -0.4 is 11.5 Å². The number of nitrogens with two attached hydrogens (primary N) is 2. The van der Waals surface area contributed by atoms with Gasteiger partial charge in [0, 0.05) is 41.4 Å². The molecule has 0 bridgehead atoms. The molecule has 4 N–H and O–H groups in total. The third kappa shape index (κ3) is 14.3. The molecule has 0 aliphatic heterocycles. The van der Waals surface area contributed by atoms with Crippen LogP contribution in [0.2, 0.25) is 51.4 Å². The second-order valence-corrected chi connectivity index (χ2v) is 22.8. The van der Waals surface area contributed by atoms with E-state index in [1.807, 2.05) is 0 Å². The highest BCUT2D eigenvalue weighted by Gasteiger charge is 2.36. The number of rotatable bonds is 17. The second-order valence-electron chi connectivity index (χ2n) is 11.6. The van der Waals surface area contributed by atoms with E-state index in [1.165, 1.54) is 0 Å². The van der Waals surface area contributed by atoms with Crippen molar-refractivity contribution in [3.8, 4) is 0 Å². The average Bonchev–Trinajstić information content (AvgIpc) is 2.58. The second kappa shape index (κ2) is 14.4. The fourth-order valence-electron chi connectivity index (χ4n) is 2.74. The molecule has 0 spiro atoms. The maximum absolute atomic E-state index is 6.53. The molecule has 0 heterocycles. The van der Waals surface area contributed by atoms with Crippen LogP contribution in [0.3, 0.4) is 0 Å². The summed E-state index contributed by atoms with van der Waals surface area (Å²) in [5.74, 6) is 0.463. The number of ether oxygens (including phenoxy) is 4. The van der Waals surface area contributed by atoms with Gasteiger partial charge in [-0.1, -0.05) is 67.0 Å². The van der Waals surface area contributed by atoms with Crippen LogP contribution in [0.15, 0.2) is 0 Å². The number of hydrogen-bond donors (Lipinski definition) is 2. The smallest absolute Gasteiger partial charge is 0.147 e. The Balaban J connectivity index is 4.99. The highest BCUT2D eigenvalue weighted by atomic mass is 28.3. The maximum atomic E-state index is 6.53. The number of hydrogen-bond acceptors (Lipinski definition) is 6. The van der Waals surface area contributed by atoms with E-state index in [9.17, 15) is 0 Å². The van der Waals surface area contributed by atoms with Crippen LogP contribution in [-0.4, -0.2) is 67.2 Å². The molecule has 4 atom stereocenters. The van der Waals surface area contributed by atoms with Gasteiger partial charge in [-0.25, -0.2) is 0 Å². The summed E-state index contributed by atoms with van der Waals surface area (Å²) in [7, 11) is -2.26. The zero-order chi connectivity index (χ0) is 23.5. The molecule has 0 saturated heterocycles. The van der Waals surface area contributed by atoms with Crippen LogP contribution in [-0.2, 0) is 18.9 Å². The molecular formula is C22H52N2O4Si2. The van der Waals surface area contributed by atoms with E-state index >= 15 is 0 Å². The van der Waals surface area contributed by atoms with Crippen LogP contribution in [0.4, 0.5) is 0 Å². The van der Waals surface area contributed by atoms with Gasteiger partial charge in [-0.05, 0) is 23.9 Å². The quantitative estimate of drug-likeness (QED) is 0.189. The first-order valence-corrected chi connectivity index (χ1v) is 19.0. The van der Waals surface area contributed by atoms with E-state index in [0.717, 1.165) is 12.1 Å². The van der Waals surface area contributed by atoms with Crippen LogP contribution in [0.25, 0.3) is 0 Å². The first-order valence-electron chi connectivity index (χ1n) is 11.6. The van der Waals surface area contributed by atoms with E-state index < -0.39 is 16.1 Å². The van der Waals surface area contributed by atoms with Crippen molar-refractivity contribution < 1.29 is 18.9 Å². The largest absolute Gasteiger partial charge is 0.356 e. The monoisotopic (exact) mass is 464 g/mol. The molecular weight excluding hydrogens is 412 g/mol. The minimum absolute atomic E-state index is 0.205. The van der Waals surface area contributed by atoms with Gasteiger partial charge in [0.05, 0.1) is 0 Å². The highest BCUT2D eigenvalue weighted by Crippen LogP contribution is 2.20. The van der Waals surface area contributed by atoms with Crippen molar-refractivity contribution in [3.63, 3.8) is 0 Å². The van der Waals surface area contributed by atoms with Gasteiger partial charge in [-0.2, -0.15) is 0 Å². The zero-order valence-electron chi connectivity index (χ0n) is 21.5. The van der Waals surface area contributed by atoms with Crippen molar-refractivity contribution in [2.75, 3.05) is 26.8 Å². The normalized spacial score (nSPS) is 17.4. The van der Waals surface area contributed by atoms with Crippen molar-refractivity contribution in [1.29, 1.82) is 0 Å². The molecule has 30 heavy (non-hydrogen) atoms. The topological polar surface area (TPSA) is 89.0 Å². The molecule has 0 aromatic rings. The Morgan fingerprint density at radius 3 is 1.13 bits per heavy atom. The minimum atomic E-state index is -1.13. The van der Waals surface area contributed by atoms with Gasteiger partial charge in [0.15, 0.2) is 0 Å². The standard InChI is InChI=1S/C22H52N2O4Si2/c1-17(2)19(23)21(27-15-25-11-13-29(5,6)7)22(20(24)18(3)4)28-16-26-12-14-30(8,9)10/h17-22H,11-16,23-24H2,1-10H3/t19-,20-,21+,22+/m1/s1. The maximum Gasteiger partial charge on any atom is 0.147 e. The third-order valence-electron chi connectivity index (χ3n) is 5.30. The molecule has 0 aliphatic carbocycles. The molecule has 8 heteroatoms. The predicted octanol–water partition coefficient (Wildman–Crippen LogP) is 4.35. The first kappa shape index (κ1) is 30.2. The van der Waals surface area contributed by atoms with Crippen LogP contribution in [0.1, 0.15) is 27.7 Å². The van der Waals surface area contributed by atoms with Gasteiger partial charge in [0.1, 0.15) is 25.8 Å². The van der Waals surface area contributed by atoms with Crippen molar-refractivity contribution in [1.82, 2.24) is 0 Å². The molecule has 0 saturated carbocycles. The summed E-state index contributed by atoms with van der Waals surface area (Å²) in [6, 6.07) is 1.80. The van der Waals surface area contributed by atoms with Crippen molar-refractivity contribution >= 4 is 16.1 Å². The summed E-state index contributed by atoms with van der Waals surface area (Å²) in [5.41, 5.74) is 13.1. The van der Waals surface area contributed by atoms with Crippen LogP contribution in [0.5, 0.6) is 0 Å². The van der Waals surface area contributed by atoms with Crippen LogP contribution in [0, 0.1) is 11.8 Å². The van der Waals surface area contributed by atoms with Crippen molar-refractivity contribution in [2.45, 2.75) is 103 Å². The summed E-state index contributed by atoms with van der Waals surface area (Å²) in [5, 5.41) is 0. The van der Waals surface area contributed by atoms with Gasteiger partial charge in [-0.3, -0.25) is 0 Å². The lowest BCUT2D eigenvalue weighted by atomic mass is 9.88. The molecule has 0 rings (SSSR count). The summed E-state index contributed by atoms with van der Waals surface area (Å²) in [6.07, 6.45) is -0.704. The molecule has 0 fully saturated rings. The van der Waals surface area contributed by atoms with E-state index in [4.69, 9.17) is 30.4 Å². The van der Waals surface area contributed by atoms with Crippen molar-refractivity contribution in [3.05, 3.63) is 0 Å². The zero-order valence-corrected chi connectivity index (χ0v) is 23.5. The molecule has 0 amide bonds. The predicted molar refractivity (Wildman–Crippen MR) is 133 cm³/mol. The van der Waals surface area contributed by atoms with Gasteiger partial charge in [0.25, 0.3) is 0 Å². The summed E-state index contributed by atoms with van der Waals surface area (Å²) >= 11 is 0. The molecule has 6 nitrogen and oxygen atoms in total. The molecule has 0 radical (unpaired) electrons. The summed E-state index contributed by atoms with van der Waals surface area (Å²) in [4.78, 5) is 0. The van der Waals surface area contributed by atoms with Gasteiger partial charge in [0.2, 0.25) is 0 Å². The lowest BCUT2D eigenvalue weighted by molar-refractivity contribution is -0.182. The Morgan fingerprint density at radius 1 is 0.600 bits per heavy atom. The lowest BCUT2D eigenvalue weighted by Crippen LogP contribution is -2.57. The van der Waals surface area contributed by atoms with Gasteiger partial charge >= 0.3 is 0 Å². The lowest BCUT2D eigenvalue weighted by Gasteiger charge is -2.37. The average molecular weight is 465 g/mol. The SMILES string of the molecule is CC(C)[C@@H](N)[C@H](OCOCC[Si](C)(C)C)[C@@H](OCOCC[Si](C)(C)C)[C@H](N)C(C)C. The first-order chi connectivity index (χ1) is 13.7.